The van der Waals surface area contributed by atoms with Gasteiger partial charge in [0.05, 0.1) is 0 Å². The van der Waals surface area contributed by atoms with Crippen LogP contribution < -0.4 is 5.73 Å². The summed E-state index contributed by atoms with van der Waals surface area (Å²) in [5.74, 6) is 0.00818. The molecule has 0 amide bonds. The van der Waals surface area contributed by atoms with E-state index in [1.807, 2.05) is 27.7 Å². The van der Waals surface area contributed by atoms with Crippen LogP contribution in [0.25, 0.3) is 0 Å². The fourth-order valence-electron chi connectivity index (χ4n) is 0.612. The number of hydrogen-bond donors (Lipinski definition) is 1. The first-order valence-corrected chi connectivity index (χ1v) is 4.38. The molecule has 0 fully saturated rings. The first-order chi connectivity index (χ1) is 5.81. The Morgan fingerprint density at radius 2 is 1.92 bits per heavy atom. The van der Waals surface area contributed by atoms with Gasteiger partial charge in [-0.2, -0.15) is 0 Å². The highest BCUT2D eigenvalue weighted by Crippen LogP contribution is 2.15. The van der Waals surface area contributed by atoms with E-state index in [4.69, 9.17) is 10.5 Å². The highest BCUT2D eigenvalue weighted by atomic mass is 16.5. The van der Waals surface area contributed by atoms with Gasteiger partial charge in [-0.15, -0.1) is 0 Å². The van der Waals surface area contributed by atoms with Crippen LogP contribution in [0.2, 0.25) is 0 Å². The number of nitrogens with two attached hydrogens (primary N) is 1. The van der Waals surface area contributed by atoms with Gasteiger partial charge in [0.15, 0.2) is 5.78 Å². The molecule has 0 aliphatic rings. The molecule has 0 aliphatic carbocycles. The number of methoxy groups -OCH3 is 1. The summed E-state index contributed by atoms with van der Waals surface area (Å²) in [6.45, 7) is 7.33. The first-order valence-electron chi connectivity index (χ1n) is 4.38. The molecule has 0 aromatic rings. The molecule has 0 saturated carbocycles. The minimum Gasteiger partial charge on any atom is -0.400 e. The van der Waals surface area contributed by atoms with Crippen molar-refractivity contribution in [3.8, 4) is 0 Å². The SMILES string of the molecule is COC(C)(C)/C(N)=C/C(=O)C(C)C. The van der Waals surface area contributed by atoms with E-state index in [9.17, 15) is 4.79 Å². The smallest absolute Gasteiger partial charge is 0.160 e. The highest BCUT2D eigenvalue weighted by Gasteiger charge is 2.21. The topological polar surface area (TPSA) is 52.3 Å². The number of ketones is 1. The van der Waals surface area contributed by atoms with Crippen molar-refractivity contribution >= 4 is 5.78 Å². The van der Waals surface area contributed by atoms with E-state index in [0.29, 0.717) is 5.70 Å². The van der Waals surface area contributed by atoms with Crippen LogP contribution in [0, 0.1) is 5.92 Å². The molecule has 0 radical (unpaired) electrons. The van der Waals surface area contributed by atoms with Gasteiger partial charge in [-0.05, 0) is 13.8 Å². The predicted octanol–water partition coefficient (Wildman–Crippen LogP) is 1.48. The van der Waals surface area contributed by atoms with Crippen molar-refractivity contribution in [1.82, 2.24) is 0 Å². The molecule has 0 spiro atoms. The van der Waals surface area contributed by atoms with Crippen LogP contribution in [0.4, 0.5) is 0 Å². The molecule has 0 rings (SSSR count). The maximum Gasteiger partial charge on any atom is 0.160 e. The molecule has 3 nitrogen and oxygen atoms in total. The summed E-state index contributed by atoms with van der Waals surface area (Å²) < 4.78 is 5.13. The van der Waals surface area contributed by atoms with Crippen molar-refractivity contribution in [2.75, 3.05) is 7.11 Å². The van der Waals surface area contributed by atoms with E-state index in [1.54, 1.807) is 7.11 Å². The van der Waals surface area contributed by atoms with Crippen molar-refractivity contribution < 1.29 is 9.53 Å². The molecular weight excluding hydrogens is 166 g/mol. The average molecular weight is 185 g/mol. The molecule has 76 valence electrons. The van der Waals surface area contributed by atoms with Crippen LogP contribution in [0.3, 0.4) is 0 Å². The summed E-state index contributed by atoms with van der Waals surface area (Å²) in [7, 11) is 1.57. The minimum absolute atomic E-state index is 0.0220. The van der Waals surface area contributed by atoms with Gasteiger partial charge in [-0.1, -0.05) is 13.8 Å². The largest absolute Gasteiger partial charge is 0.400 e. The minimum atomic E-state index is -0.565. The summed E-state index contributed by atoms with van der Waals surface area (Å²) >= 11 is 0. The monoisotopic (exact) mass is 185 g/mol. The predicted molar refractivity (Wildman–Crippen MR) is 53.2 cm³/mol. The van der Waals surface area contributed by atoms with Crippen LogP contribution in [-0.2, 0) is 9.53 Å². The molecule has 3 heteroatoms. The lowest BCUT2D eigenvalue weighted by molar-refractivity contribution is -0.117. The van der Waals surface area contributed by atoms with Crippen LogP contribution >= 0.6 is 0 Å². The molecule has 0 heterocycles. The first kappa shape index (κ1) is 12.2. The average Bonchev–Trinajstić information content (AvgIpc) is 2.04. The van der Waals surface area contributed by atoms with E-state index in [-0.39, 0.29) is 11.7 Å². The number of carbonyl (C=O) groups excluding carboxylic acids is 1. The van der Waals surface area contributed by atoms with E-state index in [1.165, 1.54) is 6.08 Å². The van der Waals surface area contributed by atoms with Crippen LogP contribution in [0.5, 0.6) is 0 Å². The van der Waals surface area contributed by atoms with Crippen molar-refractivity contribution in [2.24, 2.45) is 11.7 Å². The third kappa shape index (κ3) is 3.59. The number of allylic oxidation sites excluding steroid dienone is 1. The summed E-state index contributed by atoms with van der Waals surface area (Å²) in [6.07, 6.45) is 1.45. The zero-order chi connectivity index (χ0) is 10.6. The van der Waals surface area contributed by atoms with Crippen molar-refractivity contribution in [3.05, 3.63) is 11.8 Å². The maximum absolute atomic E-state index is 11.3. The molecule has 0 aromatic carbocycles. The van der Waals surface area contributed by atoms with Crippen LogP contribution in [0.15, 0.2) is 11.8 Å². The Hall–Kier alpha value is -0.830. The Morgan fingerprint density at radius 1 is 1.46 bits per heavy atom. The normalized spacial score (nSPS) is 13.5. The quantitative estimate of drug-likeness (QED) is 0.675. The lowest BCUT2D eigenvalue weighted by Crippen LogP contribution is -2.31. The summed E-state index contributed by atoms with van der Waals surface area (Å²) in [6, 6.07) is 0. The van der Waals surface area contributed by atoms with Gasteiger partial charge in [0.2, 0.25) is 0 Å². The second kappa shape index (κ2) is 4.42. The molecule has 2 N–H and O–H groups in total. The molecular formula is C10H19NO2. The Morgan fingerprint density at radius 3 is 2.23 bits per heavy atom. The zero-order valence-corrected chi connectivity index (χ0v) is 9.05. The second-order valence-electron chi connectivity index (χ2n) is 3.87. The molecule has 0 bridgehead atoms. The molecule has 0 unspecified atom stereocenters. The van der Waals surface area contributed by atoms with Crippen LogP contribution in [-0.4, -0.2) is 18.5 Å². The summed E-state index contributed by atoms with van der Waals surface area (Å²) in [4.78, 5) is 11.3. The number of carbonyl (C=O) groups is 1. The third-order valence-electron chi connectivity index (χ3n) is 2.07. The number of hydrogen-bond acceptors (Lipinski definition) is 3. The van der Waals surface area contributed by atoms with Gasteiger partial charge in [0, 0.05) is 24.8 Å². The van der Waals surface area contributed by atoms with Crippen molar-refractivity contribution in [2.45, 2.75) is 33.3 Å². The Bertz CT molecular complexity index is 217. The van der Waals surface area contributed by atoms with E-state index < -0.39 is 5.60 Å². The van der Waals surface area contributed by atoms with Gasteiger partial charge in [-0.25, -0.2) is 0 Å². The standard InChI is InChI=1S/C10H19NO2/c1-7(2)8(12)6-9(11)10(3,4)13-5/h6-7H,11H2,1-5H3/b9-6-. The highest BCUT2D eigenvalue weighted by molar-refractivity contribution is 5.91. The van der Waals surface area contributed by atoms with Gasteiger partial charge in [0.1, 0.15) is 5.60 Å². The lowest BCUT2D eigenvalue weighted by Gasteiger charge is -2.23. The second-order valence-corrected chi connectivity index (χ2v) is 3.87. The fourth-order valence-corrected chi connectivity index (χ4v) is 0.612. The summed E-state index contributed by atoms with van der Waals surface area (Å²) in [5.41, 5.74) is 5.62. The van der Waals surface area contributed by atoms with E-state index >= 15 is 0 Å². The van der Waals surface area contributed by atoms with Gasteiger partial charge >= 0.3 is 0 Å². The molecule has 13 heavy (non-hydrogen) atoms. The van der Waals surface area contributed by atoms with Gasteiger partial charge in [-0.3, -0.25) is 4.79 Å². The Kier molecular flexibility index (Phi) is 4.14. The molecule has 0 saturated heterocycles. The fraction of sp³-hybridized carbons (Fsp3) is 0.700. The molecule has 0 aliphatic heterocycles. The third-order valence-corrected chi connectivity index (χ3v) is 2.07. The lowest BCUT2D eigenvalue weighted by atomic mass is 10.0. The Labute approximate surface area is 79.9 Å². The Balaban J connectivity index is 4.59. The molecule has 0 aromatic heterocycles. The number of ether oxygens (including phenoxy) is 1. The van der Waals surface area contributed by atoms with Gasteiger partial charge < -0.3 is 10.5 Å². The summed E-state index contributed by atoms with van der Waals surface area (Å²) in [5, 5.41) is 0. The van der Waals surface area contributed by atoms with Crippen molar-refractivity contribution in [1.29, 1.82) is 0 Å². The number of rotatable bonds is 4. The van der Waals surface area contributed by atoms with E-state index in [2.05, 4.69) is 0 Å². The molecule has 0 atom stereocenters. The van der Waals surface area contributed by atoms with Crippen LogP contribution in [0.1, 0.15) is 27.7 Å². The van der Waals surface area contributed by atoms with Gasteiger partial charge in [0.25, 0.3) is 0 Å². The van der Waals surface area contributed by atoms with E-state index in [0.717, 1.165) is 0 Å². The maximum atomic E-state index is 11.3. The van der Waals surface area contributed by atoms with Crippen molar-refractivity contribution in [3.63, 3.8) is 0 Å². The zero-order valence-electron chi connectivity index (χ0n) is 9.05.